The minimum atomic E-state index is -3.51. The number of carbonyl (C=O) groups excluding carboxylic acids is 2. The highest BCUT2D eigenvalue weighted by Crippen LogP contribution is 2.23. The zero-order chi connectivity index (χ0) is 33.1. The number of carbonyl (C=O) groups is 2. The number of hydrogen-bond acceptors (Lipinski definition) is 7. The largest absolute Gasteiger partial charge is 0.497 e. The molecule has 0 radical (unpaired) electrons. The molecule has 0 bridgehead atoms. The molecule has 2 aliphatic heterocycles. The number of hydrogen-bond donors (Lipinski definition) is 1. The molecule has 0 aromatic heterocycles. The SMILES string of the molecule is COc1ccc(CN(C(=O)CCc2ccc(S(=O)(=O)N3CCCC3)cc2)[C@@H](Cc2ccccc2)C(=O)NCCN2CCOCC2)cc1. The lowest BCUT2D eigenvalue weighted by molar-refractivity contribution is -0.141. The first-order chi connectivity index (χ1) is 22.8. The van der Waals surface area contributed by atoms with E-state index in [1.807, 2.05) is 54.6 Å². The summed E-state index contributed by atoms with van der Waals surface area (Å²) in [6.45, 7) is 5.57. The monoisotopic (exact) mass is 662 g/mol. The van der Waals surface area contributed by atoms with E-state index in [1.165, 1.54) is 4.31 Å². The van der Waals surface area contributed by atoms with E-state index in [4.69, 9.17) is 9.47 Å². The number of nitrogens with one attached hydrogen (secondary N) is 1. The molecule has 2 saturated heterocycles. The van der Waals surface area contributed by atoms with E-state index in [0.29, 0.717) is 58.0 Å². The van der Waals surface area contributed by atoms with Crippen LogP contribution in [0, 0.1) is 0 Å². The van der Waals surface area contributed by atoms with Gasteiger partial charge in [-0.25, -0.2) is 8.42 Å². The van der Waals surface area contributed by atoms with Crippen LogP contribution in [0.25, 0.3) is 0 Å². The van der Waals surface area contributed by atoms with Crippen molar-refractivity contribution in [3.05, 3.63) is 95.6 Å². The Hall–Kier alpha value is -3.77. The van der Waals surface area contributed by atoms with Gasteiger partial charge in [-0.05, 0) is 60.2 Å². The Morgan fingerprint density at radius 2 is 1.53 bits per heavy atom. The fourth-order valence-corrected chi connectivity index (χ4v) is 7.58. The lowest BCUT2D eigenvalue weighted by Gasteiger charge is -2.32. The number of nitrogens with zero attached hydrogens (tertiary/aromatic N) is 3. The molecule has 252 valence electrons. The first kappa shape index (κ1) is 34.6. The van der Waals surface area contributed by atoms with Crippen molar-refractivity contribution in [3.63, 3.8) is 0 Å². The highest BCUT2D eigenvalue weighted by Gasteiger charge is 2.31. The van der Waals surface area contributed by atoms with Crippen LogP contribution >= 0.6 is 0 Å². The van der Waals surface area contributed by atoms with Crippen LogP contribution in [0.3, 0.4) is 0 Å². The second-order valence-corrected chi connectivity index (χ2v) is 14.0. The van der Waals surface area contributed by atoms with E-state index in [-0.39, 0.29) is 29.7 Å². The molecule has 1 N–H and O–H groups in total. The summed E-state index contributed by atoms with van der Waals surface area (Å²) in [6.07, 6.45) is 2.71. The Labute approximate surface area is 278 Å². The van der Waals surface area contributed by atoms with Gasteiger partial charge in [0.2, 0.25) is 21.8 Å². The summed E-state index contributed by atoms with van der Waals surface area (Å²) in [5, 5.41) is 3.11. The molecule has 11 heteroatoms. The normalized spacial score (nSPS) is 16.4. The number of rotatable bonds is 15. The molecule has 0 aliphatic carbocycles. The van der Waals surface area contributed by atoms with Gasteiger partial charge in [0.1, 0.15) is 11.8 Å². The number of benzene rings is 3. The van der Waals surface area contributed by atoms with Crippen molar-refractivity contribution in [3.8, 4) is 5.75 Å². The van der Waals surface area contributed by atoms with Crippen LogP contribution in [-0.2, 0) is 43.7 Å². The lowest BCUT2D eigenvalue weighted by Crippen LogP contribution is -2.52. The van der Waals surface area contributed by atoms with Crippen molar-refractivity contribution >= 4 is 21.8 Å². The third kappa shape index (κ3) is 9.63. The van der Waals surface area contributed by atoms with Gasteiger partial charge in [0.15, 0.2) is 0 Å². The molecule has 2 fully saturated rings. The second-order valence-electron chi connectivity index (χ2n) is 12.1. The van der Waals surface area contributed by atoms with Crippen LogP contribution in [-0.4, -0.2) is 100.0 Å². The molecule has 0 saturated carbocycles. The molecule has 3 aromatic rings. The summed E-state index contributed by atoms with van der Waals surface area (Å²) in [5.74, 6) is 0.364. The topological polar surface area (TPSA) is 108 Å². The van der Waals surface area contributed by atoms with Crippen LogP contribution in [0.2, 0.25) is 0 Å². The van der Waals surface area contributed by atoms with Crippen LogP contribution in [0.5, 0.6) is 5.75 Å². The van der Waals surface area contributed by atoms with E-state index in [0.717, 1.165) is 42.6 Å². The average Bonchev–Trinajstić information content (AvgIpc) is 3.67. The fraction of sp³-hybridized carbons (Fsp3) is 0.444. The Kier molecular flexibility index (Phi) is 12.4. The molecular formula is C36H46N4O6S. The molecule has 2 amide bonds. The van der Waals surface area contributed by atoms with E-state index >= 15 is 0 Å². The summed E-state index contributed by atoms with van der Waals surface area (Å²) in [4.78, 5) is 32.2. The van der Waals surface area contributed by atoms with Gasteiger partial charge in [-0.1, -0.05) is 54.6 Å². The van der Waals surface area contributed by atoms with Gasteiger partial charge < -0.3 is 19.7 Å². The third-order valence-electron chi connectivity index (χ3n) is 8.87. The van der Waals surface area contributed by atoms with Gasteiger partial charge in [0.05, 0.1) is 25.2 Å². The van der Waals surface area contributed by atoms with E-state index in [1.54, 1.807) is 36.3 Å². The highest BCUT2D eigenvalue weighted by molar-refractivity contribution is 7.89. The zero-order valence-electron chi connectivity index (χ0n) is 27.2. The predicted molar refractivity (Wildman–Crippen MR) is 181 cm³/mol. The second kappa shape index (κ2) is 16.9. The van der Waals surface area contributed by atoms with Crippen LogP contribution in [0.4, 0.5) is 0 Å². The maximum absolute atomic E-state index is 14.1. The number of amides is 2. The summed E-state index contributed by atoms with van der Waals surface area (Å²) < 4.78 is 38.3. The molecule has 10 nitrogen and oxygen atoms in total. The van der Waals surface area contributed by atoms with Gasteiger partial charge in [-0.15, -0.1) is 0 Å². The Bertz CT molecular complexity index is 1540. The Morgan fingerprint density at radius 3 is 2.19 bits per heavy atom. The van der Waals surface area contributed by atoms with E-state index < -0.39 is 16.1 Å². The molecule has 2 aliphatic rings. The summed E-state index contributed by atoms with van der Waals surface area (Å²) in [7, 11) is -1.90. The molecule has 3 aromatic carbocycles. The quantitative estimate of drug-likeness (QED) is 0.266. The maximum Gasteiger partial charge on any atom is 0.243 e. The van der Waals surface area contributed by atoms with Gasteiger partial charge in [0, 0.05) is 58.7 Å². The minimum Gasteiger partial charge on any atom is -0.497 e. The average molecular weight is 663 g/mol. The third-order valence-corrected chi connectivity index (χ3v) is 10.8. The van der Waals surface area contributed by atoms with Gasteiger partial charge >= 0.3 is 0 Å². The molecule has 5 rings (SSSR count). The van der Waals surface area contributed by atoms with Crippen molar-refractivity contribution in [2.45, 2.75) is 49.6 Å². The molecule has 2 heterocycles. The number of ether oxygens (including phenoxy) is 2. The van der Waals surface area contributed by atoms with E-state index in [9.17, 15) is 18.0 Å². The summed E-state index contributed by atoms with van der Waals surface area (Å²) >= 11 is 0. The maximum atomic E-state index is 14.1. The van der Waals surface area contributed by atoms with Crippen LogP contribution in [0.15, 0.2) is 83.8 Å². The fourth-order valence-electron chi connectivity index (χ4n) is 6.06. The van der Waals surface area contributed by atoms with Crippen molar-refractivity contribution in [1.82, 2.24) is 19.4 Å². The predicted octanol–water partition coefficient (Wildman–Crippen LogP) is 3.50. The van der Waals surface area contributed by atoms with Crippen LogP contribution in [0.1, 0.15) is 36.0 Å². The van der Waals surface area contributed by atoms with Crippen molar-refractivity contribution in [2.24, 2.45) is 0 Å². The van der Waals surface area contributed by atoms with Gasteiger partial charge in [-0.3, -0.25) is 14.5 Å². The standard InChI is InChI=1S/C36H46N4O6S/c1-45-32-14-9-31(10-15-32)28-40(35(41)18-13-29-11-16-33(17-12-29)47(43,44)39-20-5-6-21-39)34(27-30-7-3-2-4-8-30)36(42)37-19-22-38-23-25-46-26-24-38/h2-4,7-12,14-17,34H,5-6,13,18-28H2,1H3,(H,37,42)/t34-/m0/s1. The number of methoxy groups -OCH3 is 1. The lowest BCUT2D eigenvalue weighted by atomic mass is 10.0. The molecular weight excluding hydrogens is 616 g/mol. The van der Waals surface area contributed by atoms with Crippen LogP contribution < -0.4 is 10.1 Å². The number of aryl methyl sites for hydroxylation is 1. The van der Waals surface area contributed by atoms with Gasteiger partial charge in [0.25, 0.3) is 0 Å². The number of morpholine rings is 1. The summed E-state index contributed by atoms with van der Waals surface area (Å²) in [6, 6.07) is 23.4. The van der Waals surface area contributed by atoms with Crippen molar-refractivity contribution in [2.75, 3.05) is 59.6 Å². The Balaban J connectivity index is 1.33. The zero-order valence-corrected chi connectivity index (χ0v) is 28.0. The van der Waals surface area contributed by atoms with Crippen molar-refractivity contribution in [1.29, 1.82) is 0 Å². The first-order valence-electron chi connectivity index (χ1n) is 16.5. The first-order valence-corrected chi connectivity index (χ1v) is 17.9. The molecule has 0 unspecified atom stereocenters. The Morgan fingerprint density at radius 1 is 0.872 bits per heavy atom. The summed E-state index contributed by atoms with van der Waals surface area (Å²) in [5.41, 5.74) is 2.70. The molecule has 0 spiro atoms. The minimum absolute atomic E-state index is 0.154. The highest BCUT2D eigenvalue weighted by atomic mass is 32.2. The smallest absolute Gasteiger partial charge is 0.243 e. The molecule has 47 heavy (non-hydrogen) atoms. The van der Waals surface area contributed by atoms with Crippen molar-refractivity contribution < 1.29 is 27.5 Å². The molecule has 1 atom stereocenters. The number of sulfonamides is 1. The van der Waals surface area contributed by atoms with Gasteiger partial charge in [-0.2, -0.15) is 4.31 Å². The van der Waals surface area contributed by atoms with E-state index in [2.05, 4.69) is 10.2 Å².